The van der Waals surface area contributed by atoms with Crippen molar-refractivity contribution in [2.45, 2.75) is 20.0 Å². The molecule has 1 rings (SSSR count). The minimum Gasteiger partial charge on any atom is -0.251 e. The average Bonchev–Trinajstić information content (AvgIpc) is 1.92. The highest BCUT2D eigenvalue weighted by atomic mass is 19.4. The van der Waals surface area contributed by atoms with Crippen LogP contribution in [0.1, 0.15) is 16.8 Å². The number of nitrogens with zero attached hydrogens (tertiary/aromatic N) is 1. The van der Waals surface area contributed by atoms with Gasteiger partial charge in [-0.1, -0.05) is 0 Å². The Labute approximate surface area is 68.2 Å². The van der Waals surface area contributed by atoms with Crippen molar-refractivity contribution in [2.24, 2.45) is 0 Å². The second-order valence-corrected chi connectivity index (χ2v) is 2.55. The Morgan fingerprint density at radius 1 is 1.33 bits per heavy atom. The minimum atomic E-state index is -4.31. The highest BCUT2D eigenvalue weighted by Gasteiger charge is 2.32. The highest BCUT2D eigenvalue weighted by Crippen LogP contribution is 2.30. The van der Waals surface area contributed by atoms with Gasteiger partial charge in [0.2, 0.25) is 0 Å². The summed E-state index contributed by atoms with van der Waals surface area (Å²) >= 11 is 0. The zero-order chi connectivity index (χ0) is 9.35. The molecule has 65 valence electrons. The maximum absolute atomic E-state index is 12.2. The van der Waals surface area contributed by atoms with Crippen LogP contribution in [0.4, 0.5) is 13.2 Å². The molecule has 4 heteroatoms. The maximum atomic E-state index is 12.2. The lowest BCUT2D eigenvalue weighted by Crippen LogP contribution is -2.09. The van der Waals surface area contributed by atoms with E-state index in [2.05, 4.69) is 11.2 Å². The molecule has 0 spiro atoms. The van der Waals surface area contributed by atoms with Gasteiger partial charge in [-0.3, -0.25) is 4.98 Å². The Morgan fingerprint density at radius 3 is 2.33 bits per heavy atom. The van der Waals surface area contributed by atoms with E-state index in [9.17, 15) is 13.2 Å². The van der Waals surface area contributed by atoms with Crippen LogP contribution in [-0.4, -0.2) is 4.98 Å². The van der Waals surface area contributed by atoms with Gasteiger partial charge in [-0.15, -0.1) is 0 Å². The molecule has 0 aromatic carbocycles. The largest absolute Gasteiger partial charge is 0.418 e. The van der Waals surface area contributed by atoms with Gasteiger partial charge in [0.25, 0.3) is 0 Å². The van der Waals surface area contributed by atoms with Crippen molar-refractivity contribution in [3.63, 3.8) is 0 Å². The van der Waals surface area contributed by atoms with Gasteiger partial charge in [0.1, 0.15) is 0 Å². The van der Waals surface area contributed by atoms with Crippen molar-refractivity contribution in [2.75, 3.05) is 0 Å². The van der Waals surface area contributed by atoms with Crippen LogP contribution < -0.4 is 0 Å². The predicted molar refractivity (Wildman–Crippen MR) is 37.5 cm³/mol. The van der Waals surface area contributed by atoms with Crippen molar-refractivity contribution in [3.05, 3.63) is 29.1 Å². The van der Waals surface area contributed by atoms with Gasteiger partial charge < -0.3 is 0 Å². The molecule has 0 aliphatic heterocycles. The Hall–Kier alpha value is -1.06. The molecule has 0 aliphatic carbocycles. The Balaban J connectivity index is 3.23. The van der Waals surface area contributed by atoms with Gasteiger partial charge in [-0.25, -0.2) is 0 Å². The van der Waals surface area contributed by atoms with Crippen molar-refractivity contribution in [3.8, 4) is 0 Å². The maximum Gasteiger partial charge on any atom is 0.418 e. The summed E-state index contributed by atoms with van der Waals surface area (Å²) in [5.41, 5.74) is -0.320. The third-order valence-electron chi connectivity index (χ3n) is 1.46. The molecule has 1 heterocycles. The highest BCUT2D eigenvalue weighted by molar-refractivity contribution is 5.25. The van der Waals surface area contributed by atoms with Crippen molar-refractivity contribution < 1.29 is 13.2 Å². The summed E-state index contributed by atoms with van der Waals surface area (Å²) in [4.78, 5) is 3.50. The molecule has 0 atom stereocenters. The summed E-state index contributed by atoms with van der Waals surface area (Å²) in [6.45, 7) is 2.85. The number of alkyl halides is 3. The average molecular weight is 174 g/mol. The number of halogens is 3. The predicted octanol–water partition coefficient (Wildman–Crippen LogP) is 2.52. The molecule has 1 aromatic rings. The normalized spacial score (nSPS) is 11.8. The first kappa shape index (κ1) is 9.03. The van der Waals surface area contributed by atoms with Crippen LogP contribution in [0.15, 0.2) is 6.07 Å². The summed E-state index contributed by atoms with van der Waals surface area (Å²) in [7, 11) is 0. The minimum absolute atomic E-state index is 0.0342. The summed E-state index contributed by atoms with van der Waals surface area (Å²) in [6, 6.07) is 1.04. The van der Waals surface area contributed by atoms with Crippen LogP contribution in [0, 0.1) is 20.0 Å². The Morgan fingerprint density at radius 2 is 1.92 bits per heavy atom. The number of pyridine rings is 1. The Kier molecular flexibility index (Phi) is 2.08. The number of hydrogen-bond donors (Lipinski definition) is 0. The lowest BCUT2D eigenvalue weighted by molar-refractivity contribution is -0.138. The van der Waals surface area contributed by atoms with Crippen molar-refractivity contribution >= 4 is 0 Å². The quantitative estimate of drug-likeness (QED) is 0.588. The number of aromatic nitrogens is 1. The topological polar surface area (TPSA) is 12.9 Å². The van der Waals surface area contributed by atoms with E-state index >= 15 is 0 Å². The molecule has 0 aliphatic rings. The first-order chi connectivity index (χ1) is 5.41. The van der Waals surface area contributed by atoms with E-state index < -0.39 is 11.7 Å². The molecule has 0 N–H and O–H groups in total. The lowest BCUT2D eigenvalue weighted by atomic mass is 10.1. The van der Waals surface area contributed by atoms with E-state index in [0.717, 1.165) is 6.07 Å². The van der Waals surface area contributed by atoms with E-state index in [0.29, 0.717) is 5.56 Å². The van der Waals surface area contributed by atoms with Crippen LogP contribution in [0.2, 0.25) is 0 Å². The molecule has 0 bridgehead atoms. The van der Waals surface area contributed by atoms with Crippen LogP contribution in [-0.2, 0) is 6.18 Å². The van der Waals surface area contributed by atoms with Gasteiger partial charge in [0, 0.05) is 0 Å². The second kappa shape index (κ2) is 2.77. The van der Waals surface area contributed by atoms with Crippen LogP contribution in [0.25, 0.3) is 0 Å². The van der Waals surface area contributed by atoms with Gasteiger partial charge in [-0.2, -0.15) is 13.2 Å². The first-order valence-corrected chi connectivity index (χ1v) is 3.34. The molecule has 0 saturated heterocycles. The van der Waals surface area contributed by atoms with E-state index in [-0.39, 0.29) is 5.69 Å². The number of rotatable bonds is 0. The smallest absolute Gasteiger partial charge is 0.251 e. The molecule has 0 saturated carbocycles. The number of hydrogen-bond acceptors (Lipinski definition) is 1. The van der Waals surface area contributed by atoms with E-state index in [1.807, 2.05) is 0 Å². The molecular formula is C8H7F3N. The van der Waals surface area contributed by atoms with E-state index in [1.54, 1.807) is 0 Å². The third kappa shape index (κ3) is 1.75. The fourth-order valence-corrected chi connectivity index (χ4v) is 0.872. The lowest BCUT2D eigenvalue weighted by Gasteiger charge is -2.08. The molecule has 12 heavy (non-hydrogen) atoms. The first-order valence-electron chi connectivity index (χ1n) is 3.34. The van der Waals surface area contributed by atoms with Gasteiger partial charge in [-0.05, 0) is 25.5 Å². The molecule has 1 aromatic heterocycles. The van der Waals surface area contributed by atoms with Crippen molar-refractivity contribution in [1.82, 2.24) is 4.98 Å². The summed E-state index contributed by atoms with van der Waals surface area (Å²) in [6.07, 6.45) is -1.85. The molecule has 1 nitrogen and oxygen atoms in total. The molecule has 0 fully saturated rings. The molecule has 1 radical (unpaired) electrons. The zero-order valence-electron chi connectivity index (χ0n) is 6.66. The van der Waals surface area contributed by atoms with Gasteiger partial charge >= 0.3 is 6.18 Å². The molecule has 0 unspecified atom stereocenters. The standard InChI is InChI=1S/C8H7F3N/c1-5-3-7(8(9,10)11)6(2)12-4-5/h3H,1-2H3. The monoisotopic (exact) mass is 174 g/mol. The fourth-order valence-electron chi connectivity index (χ4n) is 0.872. The third-order valence-corrected chi connectivity index (χ3v) is 1.46. The van der Waals surface area contributed by atoms with Crippen LogP contribution in [0.3, 0.4) is 0 Å². The summed E-state index contributed by atoms with van der Waals surface area (Å²) in [5.74, 6) is 0. The molecular weight excluding hydrogens is 167 g/mol. The summed E-state index contributed by atoms with van der Waals surface area (Å²) in [5, 5.41) is 0. The zero-order valence-corrected chi connectivity index (χ0v) is 6.66. The Bertz CT molecular complexity index is 291. The second-order valence-electron chi connectivity index (χ2n) is 2.55. The van der Waals surface area contributed by atoms with Crippen LogP contribution >= 0.6 is 0 Å². The summed E-state index contributed by atoms with van der Waals surface area (Å²) < 4.78 is 36.5. The fraction of sp³-hybridized carbons (Fsp3) is 0.375. The van der Waals surface area contributed by atoms with E-state index in [4.69, 9.17) is 0 Å². The van der Waals surface area contributed by atoms with Crippen LogP contribution in [0.5, 0.6) is 0 Å². The SMILES string of the molecule is Cc1[c]nc(C)c(C(F)(F)F)c1. The van der Waals surface area contributed by atoms with E-state index in [1.165, 1.54) is 13.8 Å². The van der Waals surface area contributed by atoms with Gasteiger partial charge in [0.05, 0.1) is 17.5 Å². The number of aryl methyl sites for hydroxylation is 2. The van der Waals surface area contributed by atoms with Gasteiger partial charge in [0.15, 0.2) is 0 Å². The van der Waals surface area contributed by atoms with Crippen molar-refractivity contribution in [1.29, 1.82) is 0 Å². The molecule has 0 amide bonds.